The maximum absolute atomic E-state index is 13.2. The van der Waals surface area contributed by atoms with Crippen LogP contribution in [-0.2, 0) is 6.42 Å². The number of nitrogens with zero attached hydrogens (tertiary/aromatic N) is 2. The summed E-state index contributed by atoms with van der Waals surface area (Å²) in [6.45, 7) is 0. The summed E-state index contributed by atoms with van der Waals surface area (Å²) in [6, 6.07) is 10.7. The van der Waals surface area contributed by atoms with Crippen molar-refractivity contribution in [3.63, 3.8) is 0 Å². The quantitative estimate of drug-likeness (QED) is 0.343. The Kier molecular flexibility index (Phi) is 4.23. The first-order valence-corrected chi connectivity index (χ1v) is 8.64. The molecule has 3 aromatic rings. The van der Waals surface area contributed by atoms with Gasteiger partial charge in [0.05, 0.1) is 4.92 Å². The minimum Gasteiger partial charge on any atom is -0.398 e. The Morgan fingerprint density at radius 2 is 2.00 bits per heavy atom. The molecular formula is C19H18FN5O2. The van der Waals surface area contributed by atoms with Gasteiger partial charge in [-0.3, -0.25) is 15.2 Å². The molecule has 27 heavy (non-hydrogen) atoms. The Morgan fingerprint density at radius 1 is 1.26 bits per heavy atom. The number of nitrogens with one attached hydrogen (secondary N) is 2. The van der Waals surface area contributed by atoms with Crippen LogP contribution in [0.3, 0.4) is 0 Å². The molecule has 1 aliphatic carbocycles. The second-order valence-electron chi connectivity index (χ2n) is 6.70. The highest BCUT2D eigenvalue weighted by Crippen LogP contribution is 2.41. The van der Waals surface area contributed by atoms with E-state index in [1.807, 2.05) is 6.07 Å². The minimum absolute atomic E-state index is 0.0858. The molecule has 2 aromatic carbocycles. The number of nitro benzene ring substituents is 1. The van der Waals surface area contributed by atoms with Crippen LogP contribution in [0.4, 0.5) is 27.3 Å². The molecule has 0 atom stereocenters. The first-order chi connectivity index (χ1) is 13.0. The van der Waals surface area contributed by atoms with E-state index in [0.717, 1.165) is 24.1 Å². The number of nitro groups is 1. The number of aromatic amines is 1. The summed E-state index contributed by atoms with van der Waals surface area (Å²) >= 11 is 0. The predicted molar refractivity (Wildman–Crippen MR) is 101 cm³/mol. The van der Waals surface area contributed by atoms with Crippen LogP contribution in [-0.4, -0.2) is 15.1 Å². The van der Waals surface area contributed by atoms with Crippen LogP contribution in [0.25, 0.3) is 0 Å². The second kappa shape index (κ2) is 6.71. The lowest BCUT2D eigenvalue weighted by atomic mass is 10.00. The Balaban J connectivity index is 1.72. The van der Waals surface area contributed by atoms with Gasteiger partial charge in [0.25, 0.3) is 5.69 Å². The Bertz CT molecular complexity index is 996. The molecule has 0 bridgehead atoms. The fourth-order valence-corrected chi connectivity index (χ4v) is 3.07. The maximum Gasteiger partial charge on any atom is 0.293 e. The van der Waals surface area contributed by atoms with Gasteiger partial charge in [0.1, 0.15) is 11.5 Å². The Hall–Kier alpha value is -3.42. The zero-order valence-electron chi connectivity index (χ0n) is 14.4. The number of hydrogen-bond donors (Lipinski definition) is 3. The lowest BCUT2D eigenvalue weighted by Crippen LogP contribution is -2.06. The van der Waals surface area contributed by atoms with Crippen molar-refractivity contribution in [3.05, 3.63) is 75.2 Å². The number of H-pyrrole nitrogens is 1. The van der Waals surface area contributed by atoms with E-state index in [-0.39, 0.29) is 11.5 Å². The van der Waals surface area contributed by atoms with Gasteiger partial charge in [0.15, 0.2) is 5.82 Å². The van der Waals surface area contributed by atoms with Crippen molar-refractivity contribution in [2.75, 3.05) is 11.1 Å². The zero-order valence-corrected chi connectivity index (χ0v) is 14.4. The fourth-order valence-electron chi connectivity index (χ4n) is 3.07. The van der Waals surface area contributed by atoms with E-state index in [1.165, 1.54) is 24.3 Å². The zero-order chi connectivity index (χ0) is 19.0. The molecule has 138 valence electrons. The first-order valence-electron chi connectivity index (χ1n) is 8.64. The largest absolute Gasteiger partial charge is 0.398 e. The summed E-state index contributed by atoms with van der Waals surface area (Å²) in [5.41, 5.74) is 9.15. The SMILES string of the molecule is Nc1ccc([N+](=O)[O-])c(Nc2cc(C3CC3)[nH]n2)c1Cc1ccc(F)cc1. The van der Waals surface area contributed by atoms with Gasteiger partial charge in [-0.1, -0.05) is 12.1 Å². The van der Waals surface area contributed by atoms with Crippen LogP contribution in [0.1, 0.15) is 35.6 Å². The van der Waals surface area contributed by atoms with E-state index in [1.54, 1.807) is 12.1 Å². The molecule has 0 unspecified atom stereocenters. The van der Waals surface area contributed by atoms with Gasteiger partial charge < -0.3 is 11.1 Å². The first kappa shape index (κ1) is 17.0. The topological polar surface area (TPSA) is 110 Å². The molecule has 0 amide bonds. The normalized spacial score (nSPS) is 13.5. The monoisotopic (exact) mass is 367 g/mol. The molecule has 0 aliphatic heterocycles. The molecule has 4 N–H and O–H groups in total. The molecule has 4 rings (SSSR count). The number of nitrogens with two attached hydrogens (primary N) is 1. The molecule has 1 fully saturated rings. The highest BCUT2D eigenvalue weighted by molar-refractivity contribution is 5.78. The van der Waals surface area contributed by atoms with Crippen molar-refractivity contribution in [3.8, 4) is 0 Å². The summed E-state index contributed by atoms with van der Waals surface area (Å²) in [5.74, 6) is 0.654. The van der Waals surface area contributed by atoms with Crippen molar-refractivity contribution in [2.45, 2.75) is 25.2 Å². The van der Waals surface area contributed by atoms with Crippen LogP contribution in [0.15, 0.2) is 42.5 Å². The van der Waals surface area contributed by atoms with E-state index in [0.29, 0.717) is 35.1 Å². The molecule has 8 heteroatoms. The van der Waals surface area contributed by atoms with Crippen LogP contribution in [0, 0.1) is 15.9 Å². The molecular weight excluding hydrogens is 349 g/mol. The average Bonchev–Trinajstić information content (AvgIpc) is 3.39. The van der Waals surface area contributed by atoms with E-state index >= 15 is 0 Å². The number of anilines is 3. The predicted octanol–water partition coefficient (Wildman–Crippen LogP) is 4.25. The summed E-state index contributed by atoms with van der Waals surface area (Å²) in [4.78, 5) is 11.1. The third-order valence-corrected chi connectivity index (χ3v) is 4.69. The maximum atomic E-state index is 13.2. The van der Waals surface area contributed by atoms with Gasteiger partial charge in [-0.25, -0.2) is 4.39 Å². The summed E-state index contributed by atoms with van der Waals surface area (Å²) < 4.78 is 13.2. The molecule has 0 spiro atoms. The number of nitrogen functional groups attached to an aromatic ring is 1. The van der Waals surface area contributed by atoms with Crippen molar-refractivity contribution in [1.82, 2.24) is 10.2 Å². The van der Waals surface area contributed by atoms with Crippen molar-refractivity contribution in [2.24, 2.45) is 0 Å². The third kappa shape index (κ3) is 3.59. The lowest BCUT2D eigenvalue weighted by Gasteiger charge is -2.14. The molecule has 0 radical (unpaired) electrons. The number of halogens is 1. The third-order valence-electron chi connectivity index (χ3n) is 4.69. The average molecular weight is 367 g/mol. The van der Waals surface area contributed by atoms with Crippen molar-refractivity contribution in [1.29, 1.82) is 0 Å². The molecule has 1 heterocycles. The number of aromatic nitrogens is 2. The fraction of sp³-hybridized carbons (Fsp3) is 0.211. The Morgan fingerprint density at radius 3 is 2.67 bits per heavy atom. The van der Waals surface area contributed by atoms with Gasteiger partial charge >= 0.3 is 0 Å². The van der Waals surface area contributed by atoms with Gasteiger partial charge in [-0.05, 0) is 36.6 Å². The highest BCUT2D eigenvalue weighted by Gasteiger charge is 2.26. The van der Waals surface area contributed by atoms with Gasteiger partial charge in [0, 0.05) is 41.4 Å². The van der Waals surface area contributed by atoms with Crippen LogP contribution >= 0.6 is 0 Å². The van der Waals surface area contributed by atoms with Crippen molar-refractivity contribution < 1.29 is 9.31 Å². The van der Waals surface area contributed by atoms with Gasteiger partial charge in [0.2, 0.25) is 0 Å². The number of benzene rings is 2. The van der Waals surface area contributed by atoms with E-state index in [2.05, 4.69) is 15.5 Å². The van der Waals surface area contributed by atoms with Crippen LogP contribution < -0.4 is 11.1 Å². The number of hydrogen-bond acceptors (Lipinski definition) is 5. The molecule has 1 aliphatic rings. The van der Waals surface area contributed by atoms with Gasteiger partial charge in [-0.2, -0.15) is 5.10 Å². The summed E-state index contributed by atoms with van der Waals surface area (Å²) in [6.07, 6.45) is 2.57. The van der Waals surface area contributed by atoms with Gasteiger partial charge in [-0.15, -0.1) is 0 Å². The lowest BCUT2D eigenvalue weighted by molar-refractivity contribution is -0.383. The second-order valence-corrected chi connectivity index (χ2v) is 6.70. The van der Waals surface area contributed by atoms with Crippen LogP contribution in [0.5, 0.6) is 0 Å². The van der Waals surface area contributed by atoms with Crippen LogP contribution in [0.2, 0.25) is 0 Å². The van der Waals surface area contributed by atoms with E-state index in [4.69, 9.17) is 5.73 Å². The highest BCUT2D eigenvalue weighted by atomic mass is 19.1. The molecule has 0 saturated heterocycles. The molecule has 1 aromatic heterocycles. The van der Waals surface area contributed by atoms with E-state index in [9.17, 15) is 14.5 Å². The standard InChI is InChI=1S/C19H18FN5O2/c20-13-5-1-11(2-6-13)9-14-15(21)7-8-17(25(26)27)19(14)22-18-10-16(23-24-18)12-3-4-12/h1-2,5-8,10,12H,3-4,9,21H2,(H2,22,23,24). The molecule has 1 saturated carbocycles. The summed E-state index contributed by atoms with van der Waals surface area (Å²) in [7, 11) is 0. The number of rotatable bonds is 6. The Labute approximate surface area is 154 Å². The summed E-state index contributed by atoms with van der Waals surface area (Å²) in [5, 5.41) is 21.8. The van der Waals surface area contributed by atoms with Crippen molar-refractivity contribution >= 4 is 22.9 Å². The smallest absolute Gasteiger partial charge is 0.293 e. The van der Waals surface area contributed by atoms with E-state index < -0.39 is 4.92 Å². The minimum atomic E-state index is -0.454. The molecule has 7 nitrogen and oxygen atoms in total.